The summed E-state index contributed by atoms with van der Waals surface area (Å²) in [5, 5.41) is 15.4. The van der Waals surface area contributed by atoms with Gasteiger partial charge in [0.1, 0.15) is 5.76 Å². The second-order valence-electron chi connectivity index (χ2n) is 10.3. The SMILES string of the molecule is CCCC1=C(c2ccc(C3Nc4ccccc4CC3C)cc2)C2=CC=CC2C(c2ccccc2)=C1O. The molecule has 36 heavy (non-hydrogen) atoms. The van der Waals surface area contributed by atoms with Crippen molar-refractivity contribution < 1.29 is 5.11 Å². The zero-order chi connectivity index (χ0) is 24.6. The first-order valence-corrected chi connectivity index (χ1v) is 13.2. The average Bonchev–Trinajstić information content (AvgIpc) is 3.38. The first-order chi connectivity index (χ1) is 17.7. The zero-order valence-corrected chi connectivity index (χ0v) is 21.0. The van der Waals surface area contributed by atoms with Crippen molar-refractivity contribution in [2.24, 2.45) is 11.8 Å². The van der Waals surface area contributed by atoms with E-state index in [0.717, 1.165) is 36.0 Å². The van der Waals surface area contributed by atoms with Gasteiger partial charge in [0.15, 0.2) is 0 Å². The summed E-state index contributed by atoms with van der Waals surface area (Å²) in [5.74, 6) is 1.05. The van der Waals surface area contributed by atoms with Crippen LogP contribution >= 0.6 is 0 Å². The number of hydrogen-bond donors (Lipinski definition) is 2. The second-order valence-corrected chi connectivity index (χ2v) is 10.3. The van der Waals surface area contributed by atoms with Gasteiger partial charge >= 0.3 is 0 Å². The van der Waals surface area contributed by atoms with Gasteiger partial charge in [-0.25, -0.2) is 0 Å². The predicted molar refractivity (Wildman–Crippen MR) is 151 cm³/mol. The predicted octanol–water partition coefficient (Wildman–Crippen LogP) is 8.68. The molecule has 0 aromatic heterocycles. The second kappa shape index (κ2) is 9.35. The number of rotatable bonds is 5. The third-order valence-corrected chi connectivity index (χ3v) is 7.94. The summed E-state index contributed by atoms with van der Waals surface area (Å²) in [6.45, 7) is 4.52. The van der Waals surface area contributed by atoms with Crippen LogP contribution in [-0.4, -0.2) is 5.11 Å². The molecular formula is C34H33NO. The number of nitrogens with one attached hydrogen (secondary N) is 1. The van der Waals surface area contributed by atoms with Crippen molar-refractivity contribution in [3.8, 4) is 0 Å². The average molecular weight is 472 g/mol. The lowest BCUT2D eigenvalue weighted by Crippen LogP contribution is -2.26. The topological polar surface area (TPSA) is 32.3 Å². The quantitative estimate of drug-likeness (QED) is 0.390. The van der Waals surface area contributed by atoms with Gasteiger partial charge in [-0.2, -0.15) is 0 Å². The fourth-order valence-corrected chi connectivity index (χ4v) is 6.22. The molecule has 3 aromatic carbocycles. The Kier molecular flexibility index (Phi) is 5.89. The third kappa shape index (κ3) is 3.82. The van der Waals surface area contributed by atoms with Gasteiger partial charge < -0.3 is 10.4 Å². The molecule has 0 radical (unpaired) electrons. The summed E-state index contributed by atoms with van der Waals surface area (Å²) in [6, 6.07) is 28.3. The number of fused-ring (bicyclic) bond motifs is 2. The Morgan fingerprint density at radius 3 is 2.42 bits per heavy atom. The van der Waals surface area contributed by atoms with Gasteiger partial charge in [0.25, 0.3) is 0 Å². The van der Waals surface area contributed by atoms with E-state index in [2.05, 4.69) is 98.1 Å². The highest BCUT2D eigenvalue weighted by atomic mass is 16.3. The van der Waals surface area contributed by atoms with Gasteiger partial charge in [-0.05, 0) is 58.2 Å². The van der Waals surface area contributed by atoms with E-state index >= 15 is 0 Å². The fraction of sp³-hybridized carbons (Fsp3) is 0.235. The largest absolute Gasteiger partial charge is 0.507 e. The highest BCUT2D eigenvalue weighted by molar-refractivity contribution is 5.96. The van der Waals surface area contributed by atoms with Crippen LogP contribution in [0.1, 0.15) is 55.0 Å². The summed E-state index contributed by atoms with van der Waals surface area (Å²) in [7, 11) is 0. The van der Waals surface area contributed by atoms with Crippen molar-refractivity contribution in [1.82, 2.24) is 0 Å². The van der Waals surface area contributed by atoms with E-state index in [1.807, 2.05) is 18.2 Å². The number of anilines is 1. The van der Waals surface area contributed by atoms with Crippen molar-refractivity contribution in [2.75, 3.05) is 5.32 Å². The van der Waals surface area contributed by atoms with Crippen LogP contribution in [0.5, 0.6) is 0 Å². The standard InChI is InChI=1S/C34H33NO/c1-3-10-29-31(27-14-9-15-28(27)32(34(29)36)23-11-5-4-6-12-23)24-17-19-25(20-18-24)33-22(2)21-26-13-7-8-16-30(26)35-33/h4-9,11-20,22,28,33,35-36H,3,10,21H2,1-2H3. The summed E-state index contributed by atoms with van der Waals surface area (Å²) in [6.07, 6.45) is 9.52. The number of aliphatic hydroxyl groups excluding tert-OH is 1. The van der Waals surface area contributed by atoms with Gasteiger partial charge in [-0.1, -0.05) is 111 Å². The molecule has 2 aliphatic carbocycles. The lowest BCUT2D eigenvalue weighted by atomic mass is 9.74. The van der Waals surface area contributed by atoms with Crippen molar-refractivity contribution in [1.29, 1.82) is 0 Å². The molecule has 1 aliphatic heterocycles. The Hall–Kier alpha value is -3.78. The lowest BCUT2D eigenvalue weighted by Gasteiger charge is -2.33. The minimum atomic E-state index is 0.0826. The Morgan fingerprint density at radius 2 is 1.64 bits per heavy atom. The Bertz CT molecular complexity index is 1410. The molecule has 0 amide bonds. The molecule has 0 saturated heterocycles. The minimum absolute atomic E-state index is 0.0826. The summed E-state index contributed by atoms with van der Waals surface area (Å²) in [4.78, 5) is 0. The first kappa shape index (κ1) is 22.7. The maximum absolute atomic E-state index is 11.6. The Labute approximate surface area is 214 Å². The Balaban J connectivity index is 1.40. The summed E-state index contributed by atoms with van der Waals surface area (Å²) >= 11 is 0. The van der Waals surface area contributed by atoms with E-state index in [0.29, 0.717) is 17.7 Å². The highest BCUT2D eigenvalue weighted by Gasteiger charge is 2.34. The van der Waals surface area contributed by atoms with Crippen LogP contribution in [0.25, 0.3) is 11.1 Å². The van der Waals surface area contributed by atoms with Crippen molar-refractivity contribution >= 4 is 16.8 Å². The number of allylic oxidation sites excluding steroid dienone is 7. The lowest BCUT2D eigenvalue weighted by molar-refractivity contribution is 0.417. The molecule has 1 heterocycles. The molecule has 2 nitrogen and oxygen atoms in total. The number of para-hydroxylation sites is 1. The molecule has 0 bridgehead atoms. The van der Waals surface area contributed by atoms with Gasteiger partial charge in [0.05, 0.1) is 6.04 Å². The van der Waals surface area contributed by atoms with Crippen molar-refractivity contribution in [2.45, 2.75) is 39.2 Å². The van der Waals surface area contributed by atoms with Gasteiger partial charge in [0.2, 0.25) is 0 Å². The maximum Gasteiger partial charge on any atom is 0.124 e. The van der Waals surface area contributed by atoms with Crippen LogP contribution < -0.4 is 5.32 Å². The zero-order valence-electron chi connectivity index (χ0n) is 21.0. The van der Waals surface area contributed by atoms with Crippen LogP contribution in [-0.2, 0) is 6.42 Å². The number of aliphatic hydroxyl groups is 1. The molecule has 3 aromatic rings. The number of hydrogen-bond acceptors (Lipinski definition) is 2. The number of benzene rings is 3. The molecule has 0 spiro atoms. The molecule has 6 rings (SSSR count). The van der Waals surface area contributed by atoms with Crippen LogP contribution in [0.3, 0.4) is 0 Å². The van der Waals surface area contributed by atoms with Crippen molar-refractivity contribution in [3.05, 3.63) is 136 Å². The van der Waals surface area contributed by atoms with Crippen LogP contribution in [0, 0.1) is 11.8 Å². The van der Waals surface area contributed by atoms with E-state index in [1.54, 1.807) is 0 Å². The molecular weight excluding hydrogens is 438 g/mol. The monoisotopic (exact) mass is 471 g/mol. The maximum atomic E-state index is 11.6. The molecule has 3 atom stereocenters. The molecule has 2 N–H and O–H groups in total. The van der Waals surface area contributed by atoms with Crippen LogP contribution in [0.4, 0.5) is 5.69 Å². The van der Waals surface area contributed by atoms with Crippen molar-refractivity contribution in [3.63, 3.8) is 0 Å². The normalized spacial score (nSPS) is 22.7. The fourth-order valence-electron chi connectivity index (χ4n) is 6.22. The minimum Gasteiger partial charge on any atom is -0.507 e. The summed E-state index contributed by atoms with van der Waals surface area (Å²) in [5.41, 5.74) is 10.8. The molecule has 0 saturated carbocycles. The van der Waals surface area contributed by atoms with Gasteiger partial charge in [0, 0.05) is 22.8 Å². The smallest absolute Gasteiger partial charge is 0.124 e. The van der Waals surface area contributed by atoms with E-state index < -0.39 is 0 Å². The highest BCUT2D eigenvalue weighted by Crippen LogP contribution is 2.50. The van der Waals surface area contributed by atoms with E-state index in [9.17, 15) is 5.11 Å². The van der Waals surface area contributed by atoms with Crippen LogP contribution in [0.15, 0.2) is 114 Å². The van der Waals surface area contributed by atoms with E-state index in [4.69, 9.17) is 0 Å². The molecule has 0 fully saturated rings. The summed E-state index contributed by atoms with van der Waals surface area (Å²) < 4.78 is 0. The van der Waals surface area contributed by atoms with Gasteiger partial charge in [-0.15, -0.1) is 0 Å². The van der Waals surface area contributed by atoms with E-state index in [1.165, 1.54) is 33.5 Å². The molecule has 3 aliphatic rings. The van der Waals surface area contributed by atoms with Crippen LogP contribution in [0.2, 0.25) is 0 Å². The first-order valence-electron chi connectivity index (χ1n) is 13.2. The molecule has 180 valence electrons. The van der Waals surface area contributed by atoms with Gasteiger partial charge in [-0.3, -0.25) is 0 Å². The molecule has 3 unspecified atom stereocenters. The third-order valence-electron chi connectivity index (χ3n) is 7.94. The molecule has 2 heteroatoms. The van der Waals surface area contributed by atoms with E-state index in [-0.39, 0.29) is 5.92 Å². The Morgan fingerprint density at radius 1 is 0.889 bits per heavy atom.